The fourth-order valence-electron chi connectivity index (χ4n) is 1.58. The lowest BCUT2D eigenvalue weighted by molar-refractivity contribution is 0.432. The molecule has 3 aromatic rings. The zero-order valence-corrected chi connectivity index (χ0v) is 11.0. The second kappa shape index (κ2) is 4.64. The molecule has 2 N–H and O–H groups in total. The molecule has 2 heterocycles. The van der Waals surface area contributed by atoms with Gasteiger partial charge in [-0.15, -0.1) is 11.3 Å². The highest BCUT2D eigenvalue weighted by Gasteiger charge is 2.14. The summed E-state index contributed by atoms with van der Waals surface area (Å²) in [4.78, 5) is 4.22. The lowest BCUT2D eigenvalue weighted by Crippen LogP contribution is -1.85. The number of rotatable bonds is 2. The Labute approximate surface area is 116 Å². The van der Waals surface area contributed by atoms with Crippen LogP contribution in [0.4, 0.5) is 9.39 Å². The van der Waals surface area contributed by atoms with Crippen LogP contribution in [0.1, 0.15) is 0 Å². The van der Waals surface area contributed by atoms with Crippen molar-refractivity contribution in [3.63, 3.8) is 0 Å². The van der Waals surface area contributed by atoms with Gasteiger partial charge >= 0.3 is 0 Å². The number of aromatic nitrogens is 2. The van der Waals surface area contributed by atoms with Crippen molar-refractivity contribution in [2.75, 3.05) is 5.73 Å². The Kier molecular flexibility index (Phi) is 2.96. The maximum absolute atomic E-state index is 13.1. The van der Waals surface area contributed by atoms with Crippen molar-refractivity contribution in [2.45, 2.75) is 0 Å². The number of benzene rings is 1. The summed E-state index contributed by atoms with van der Waals surface area (Å²) in [6.07, 6.45) is 0. The fraction of sp³-hybridized carbons (Fsp3) is 0. The predicted molar refractivity (Wildman–Crippen MR) is 72.4 cm³/mol. The van der Waals surface area contributed by atoms with Gasteiger partial charge in [0.25, 0.3) is 5.89 Å². The predicted octanol–water partition coefficient (Wildman–Crippen LogP) is 3.84. The minimum Gasteiger partial charge on any atom is -0.390 e. The van der Waals surface area contributed by atoms with E-state index in [-0.39, 0.29) is 5.02 Å². The van der Waals surface area contributed by atoms with E-state index >= 15 is 0 Å². The summed E-state index contributed by atoms with van der Waals surface area (Å²) >= 11 is 7.10. The minimum absolute atomic E-state index is 0.0129. The van der Waals surface area contributed by atoms with Crippen LogP contribution in [0.2, 0.25) is 5.02 Å². The van der Waals surface area contributed by atoms with Crippen LogP contribution in [-0.4, -0.2) is 10.1 Å². The summed E-state index contributed by atoms with van der Waals surface area (Å²) in [6, 6.07) is 6.04. The first-order valence-corrected chi connectivity index (χ1v) is 6.53. The fourth-order valence-corrected chi connectivity index (χ4v) is 2.40. The lowest BCUT2D eigenvalue weighted by Gasteiger charge is -1.96. The number of thiophene rings is 1. The monoisotopic (exact) mass is 295 g/mol. The highest BCUT2D eigenvalue weighted by molar-refractivity contribution is 7.14. The van der Waals surface area contributed by atoms with E-state index in [2.05, 4.69) is 10.1 Å². The van der Waals surface area contributed by atoms with Gasteiger partial charge in [-0.1, -0.05) is 16.8 Å². The van der Waals surface area contributed by atoms with Gasteiger partial charge in [0.2, 0.25) is 5.82 Å². The second-order valence-corrected chi connectivity index (χ2v) is 5.11. The molecule has 0 aliphatic rings. The highest BCUT2D eigenvalue weighted by Crippen LogP contribution is 2.31. The second-order valence-electron chi connectivity index (χ2n) is 3.75. The van der Waals surface area contributed by atoms with Gasteiger partial charge < -0.3 is 10.3 Å². The van der Waals surface area contributed by atoms with Crippen molar-refractivity contribution < 1.29 is 8.91 Å². The van der Waals surface area contributed by atoms with Crippen LogP contribution in [0.3, 0.4) is 0 Å². The van der Waals surface area contributed by atoms with E-state index in [0.29, 0.717) is 27.8 Å². The first-order valence-electron chi connectivity index (χ1n) is 5.27. The highest BCUT2D eigenvalue weighted by atomic mass is 35.5. The van der Waals surface area contributed by atoms with Gasteiger partial charge in [-0.3, -0.25) is 0 Å². The summed E-state index contributed by atoms with van der Waals surface area (Å²) in [5.41, 5.74) is 7.06. The zero-order valence-electron chi connectivity index (χ0n) is 9.43. The molecule has 0 bridgehead atoms. The number of hydrogen-bond acceptors (Lipinski definition) is 5. The zero-order chi connectivity index (χ0) is 13.4. The largest absolute Gasteiger partial charge is 0.390 e. The molecule has 3 rings (SSSR count). The summed E-state index contributed by atoms with van der Waals surface area (Å²) in [5, 5.41) is 6.29. The third-order valence-electron chi connectivity index (χ3n) is 2.53. The van der Waals surface area contributed by atoms with Crippen molar-refractivity contribution in [1.29, 1.82) is 0 Å². The molecule has 0 aliphatic carbocycles. The van der Waals surface area contributed by atoms with Crippen LogP contribution in [0.25, 0.3) is 22.8 Å². The Hall–Kier alpha value is -1.92. The molecular weight excluding hydrogens is 289 g/mol. The Morgan fingerprint density at radius 2 is 2.16 bits per heavy atom. The van der Waals surface area contributed by atoms with Crippen LogP contribution in [0, 0.1) is 5.82 Å². The summed E-state index contributed by atoms with van der Waals surface area (Å²) < 4.78 is 18.2. The van der Waals surface area contributed by atoms with E-state index in [9.17, 15) is 4.39 Å². The average Bonchev–Trinajstić information content (AvgIpc) is 3.01. The molecule has 1 aromatic carbocycles. The number of halogens is 2. The van der Waals surface area contributed by atoms with E-state index in [1.807, 2.05) is 5.38 Å². The van der Waals surface area contributed by atoms with Gasteiger partial charge in [0.05, 0.1) is 15.6 Å². The topological polar surface area (TPSA) is 64.9 Å². The average molecular weight is 296 g/mol. The van der Waals surface area contributed by atoms with Crippen LogP contribution in [0.5, 0.6) is 0 Å². The molecular formula is C12H7ClFN3OS. The Morgan fingerprint density at radius 1 is 1.32 bits per heavy atom. The molecule has 7 heteroatoms. The molecule has 0 aliphatic heterocycles. The molecule has 0 atom stereocenters. The Balaban J connectivity index is 2.01. The Morgan fingerprint density at radius 3 is 2.84 bits per heavy atom. The Bertz CT molecular complexity index is 740. The molecule has 0 radical (unpaired) electrons. The van der Waals surface area contributed by atoms with Crippen molar-refractivity contribution in [2.24, 2.45) is 0 Å². The van der Waals surface area contributed by atoms with Crippen molar-refractivity contribution in [3.05, 3.63) is 40.5 Å². The third-order valence-corrected chi connectivity index (χ3v) is 3.57. The van der Waals surface area contributed by atoms with Crippen molar-refractivity contribution >= 4 is 27.9 Å². The SMILES string of the molecule is Nc1sccc1-c1nc(-c2ccc(F)c(Cl)c2)no1. The normalized spacial score (nSPS) is 10.8. The van der Waals surface area contributed by atoms with Gasteiger partial charge in [0.15, 0.2) is 0 Å². The van der Waals surface area contributed by atoms with Gasteiger partial charge in [0, 0.05) is 5.56 Å². The van der Waals surface area contributed by atoms with E-state index in [1.165, 1.54) is 29.5 Å². The van der Waals surface area contributed by atoms with E-state index in [0.717, 1.165) is 0 Å². The quantitative estimate of drug-likeness (QED) is 0.780. The first-order chi connectivity index (χ1) is 9.15. The number of hydrogen-bond donors (Lipinski definition) is 1. The van der Waals surface area contributed by atoms with Crippen molar-refractivity contribution in [1.82, 2.24) is 10.1 Å². The van der Waals surface area contributed by atoms with Crippen molar-refractivity contribution in [3.8, 4) is 22.8 Å². The molecule has 0 amide bonds. The maximum atomic E-state index is 13.1. The van der Waals surface area contributed by atoms with Gasteiger partial charge in [-0.05, 0) is 29.6 Å². The standard InChI is InChI=1S/C12H7ClFN3OS/c13-8-5-6(1-2-9(8)14)11-16-12(18-17-11)7-3-4-19-10(7)15/h1-5H,15H2. The van der Waals surface area contributed by atoms with Crippen LogP contribution in [-0.2, 0) is 0 Å². The molecule has 0 saturated heterocycles. The number of nitrogens with zero attached hydrogens (tertiary/aromatic N) is 2. The van der Waals surface area contributed by atoms with E-state index in [1.54, 1.807) is 6.07 Å². The smallest absolute Gasteiger partial charge is 0.261 e. The molecule has 0 saturated carbocycles. The van der Waals surface area contributed by atoms with Crippen LogP contribution < -0.4 is 5.73 Å². The summed E-state index contributed by atoms with van der Waals surface area (Å²) in [5.74, 6) is 0.174. The number of nitrogen functional groups attached to an aromatic ring is 1. The van der Waals surface area contributed by atoms with E-state index in [4.69, 9.17) is 21.9 Å². The number of nitrogens with two attached hydrogens (primary N) is 1. The summed E-state index contributed by atoms with van der Waals surface area (Å²) in [6.45, 7) is 0. The van der Waals surface area contributed by atoms with Gasteiger partial charge in [-0.25, -0.2) is 4.39 Å². The summed E-state index contributed by atoms with van der Waals surface area (Å²) in [7, 11) is 0. The van der Waals surface area contributed by atoms with Crippen LogP contribution >= 0.6 is 22.9 Å². The van der Waals surface area contributed by atoms with Crippen LogP contribution in [0.15, 0.2) is 34.2 Å². The van der Waals surface area contributed by atoms with Gasteiger partial charge in [-0.2, -0.15) is 4.98 Å². The maximum Gasteiger partial charge on any atom is 0.261 e. The molecule has 0 fully saturated rings. The first kappa shape index (κ1) is 12.1. The molecule has 96 valence electrons. The molecule has 0 unspecified atom stereocenters. The number of anilines is 1. The molecule has 4 nitrogen and oxygen atoms in total. The molecule has 0 spiro atoms. The lowest BCUT2D eigenvalue weighted by atomic mass is 10.2. The molecule has 19 heavy (non-hydrogen) atoms. The minimum atomic E-state index is -0.490. The molecule has 2 aromatic heterocycles. The third kappa shape index (κ3) is 2.20. The van der Waals surface area contributed by atoms with E-state index < -0.39 is 5.82 Å². The van der Waals surface area contributed by atoms with Gasteiger partial charge in [0.1, 0.15) is 5.82 Å².